The first-order valence-electron chi connectivity index (χ1n) is 8.23. The zero-order chi connectivity index (χ0) is 19.4. The molecule has 0 fully saturated rings. The quantitative estimate of drug-likeness (QED) is 0.517. The molecule has 0 aliphatic carbocycles. The van der Waals surface area contributed by atoms with Gasteiger partial charge in [-0.2, -0.15) is 0 Å². The summed E-state index contributed by atoms with van der Waals surface area (Å²) < 4.78 is 2.96. The highest BCUT2D eigenvalue weighted by molar-refractivity contribution is 9.10. The third-order valence-electron chi connectivity index (χ3n) is 3.83. The van der Waals surface area contributed by atoms with E-state index in [1.54, 1.807) is 18.1 Å². The van der Waals surface area contributed by atoms with Crippen LogP contribution in [0.4, 0.5) is 5.69 Å². The van der Waals surface area contributed by atoms with Gasteiger partial charge in [0.15, 0.2) is 5.16 Å². The second-order valence-corrected chi connectivity index (χ2v) is 8.97. The maximum Gasteiger partial charge on any atom is 0.234 e. The van der Waals surface area contributed by atoms with Crippen LogP contribution >= 0.6 is 39.5 Å². The number of halogens is 1. The van der Waals surface area contributed by atoms with E-state index in [1.165, 1.54) is 17.3 Å². The molecule has 1 aromatic heterocycles. The number of rotatable bonds is 6. The number of aromatic nitrogens is 3. The topological polar surface area (TPSA) is 59.8 Å². The molecule has 1 N–H and O–H groups in total. The van der Waals surface area contributed by atoms with E-state index in [0.717, 1.165) is 30.7 Å². The number of amides is 1. The highest BCUT2D eigenvalue weighted by atomic mass is 79.9. The summed E-state index contributed by atoms with van der Waals surface area (Å²) in [5, 5.41) is 11.7. The number of hydrogen-bond donors (Lipinski definition) is 1. The molecule has 0 spiro atoms. The van der Waals surface area contributed by atoms with Gasteiger partial charge in [0.05, 0.1) is 5.75 Å². The Kier molecular flexibility index (Phi) is 6.62. The van der Waals surface area contributed by atoms with E-state index in [-0.39, 0.29) is 5.91 Å². The summed E-state index contributed by atoms with van der Waals surface area (Å²) >= 11 is 6.61. The van der Waals surface area contributed by atoms with Crippen LogP contribution in [0.5, 0.6) is 0 Å². The summed E-state index contributed by atoms with van der Waals surface area (Å²) in [5.74, 6) is 0.353. The van der Waals surface area contributed by atoms with Crippen molar-refractivity contribution < 1.29 is 4.79 Å². The first kappa shape index (κ1) is 20.0. The van der Waals surface area contributed by atoms with Crippen LogP contribution in [0.15, 0.2) is 62.1 Å². The highest BCUT2D eigenvalue weighted by Crippen LogP contribution is 2.29. The second kappa shape index (κ2) is 8.95. The average Bonchev–Trinajstić information content (AvgIpc) is 3.03. The molecule has 0 unspecified atom stereocenters. The zero-order valence-corrected chi connectivity index (χ0v) is 18.4. The molecule has 3 rings (SSSR count). The molecular weight excluding hydrogens is 444 g/mol. The van der Waals surface area contributed by atoms with Gasteiger partial charge in [0, 0.05) is 27.0 Å². The normalized spacial score (nSPS) is 10.8. The lowest BCUT2D eigenvalue weighted by atomic mass is 10.2. The Hall–Kier alpha value is -1.77. The molecule has 0 bridgehead atoms. The molecular formula is C19H19BrN4OS2. The van der Waals surface area contributed by atoms with Gasteiger partial charge in [-0.1, -0.05) is 15.9 Å². The van der Waals surface area contributed by atoms with Crippen LogP contribution < -0.4 is 5.32 Å². The Morgan fingerprint density at radius 1 is 1.19 bits per heavy atom. The fraction of sp³-hybridized carbons (Fsp3) is 0.211. The Morgan fingerprint density at radius 2 is 1.93 bits per heavy atom. The second-order valence-electron chi connectivity index (χ2n) is 6.05. The predicted molar refractivity (Wildman–Crippen MR) is 115 cm³/mol. The van der Waals surface area contributed by atoms with Crippen molar-refractivity contribution in [3.63, 3.8) is 0 Å². The largest absolute Gasteiger partial charge is 0.325 e. The monoisotopic (exact) mass is 462 g/mol. The number of anilines is 1. The van der Waals surface area contributed by atoms with Crippen LogP contribution in [-0.2, 0) is 11.8 Å². The van der Waals surface area contributed by atoms with Gasteiger partial charge in [0.1, 0.15) is 6.33 Å². The summed E-state index contributed by atoms with van der Waals surface area (Å²) in [4.78, 5) is 14.4. The van der Waals surface area contributed by atoms with Crippen LogP contribution in [0.1, 0.15) is 11.1 Å². The number of thioether (sulfide) groups is 1. The Morgan fingerprint density at radius 3 is 2.59 bits per heavy atom. The zero-order valence-electron chi connectivity index (χ0n) is 15.2. The Bertz CT molecular complexity index is 957. The molecule has 0 aliphatic rings. The van der Waals surface area contributed by atoms with E-state index in [1.807, 2.05) is 42.8 Å². The number of benzene rings is 2. The van der Waals surface area contributed by atoms with E-state index in [4.69, 9.17) is 0 Å². The first-order chi connectivity index (χ1) is 12.9. The molecule has 140 valence electrons. The van der Waals surface area contributed by atoms with E-state index >= 15 is 0 Å². The molecule has 1 heterocycles. The van der Waals surface area contributed by atoms with Gasteiger partial charge in [-0.25, -0.2) is 0 Å². The van der Waals surface area contributed by atoms with E-state index in [9.17, 15) is 4.79 Å². The molecule has 0 saturated carbocycles. The Labute approximate surface area is 175 Å². The van der Waals surface area contributed by atoms with Gasteiger partial charge in [-0.3, -0.25) is 4.79 Å². The van der Waals surface area contributed by atoms with Crippen molar-refractivity contribution in [2.75, 3.05) is 11.1 Å². The molecule has 8 heteroatoms. The van der Waals surface area contributed by atoms with Gasteiger partial charge in [0.25, 0.3) is 0 Å². The lowest BCUT2D eigenvalue weighted by Crippen LogP contribution is -2.14. The minimum absolute atomic E-state index is 0.0197. The number of nitrogens with zero attached hydrogens (tertiary/aromatic N) is 3. The van der Waals surface area contributed by atoms with Crippen LogP contribution in [0.25, 0.3) is 0 Å². The molecule has 0 aliphatic heterocycles. The van der Waals surface area contributed by atoms with Crippen molar-refractivity contribution in [3.05, 3.63) is 58.3 Å². The van der Waals surface area contributed by atoms with Gasteiger partial charge in [0.2, 0.25) is 5.91 Å². The molecule has 3 aromatic rings. The van der Waals surface area contributed by atoms with E-state index in [2.05, 4.69) is 50.5 Å². The number of carbonyl (C=O) groups is 1. The van der Waals surface area contributed by atoms with Gasteiger partial charge >= 0.3 is 0 Å². The summed E-state index contributed by atoms with van der Waals surface area (Å²) in [7, 11) is 1.91. The number of nitrogens with one attached hydrogen (secondary N) is 1. The number of aryl methyl sites for hydroxylation is 3. The molecule has 0 atom stereocenters. The predicted octanol–water partition coefficient (Wildman–Crippen LogP) is 5.08. The van der Waals surface area contributed by atoms with E-state index < -0.39 is 0 Å². The standard InChI is InChI=1S/C19H19BrN4OS2/c1-12-9-17(13(2)8-16(12)20)26-10-18(25)22-14-4-6-15(7-5-14)27-19-23-21-11-24(19)3/h4-9,11H,10H2,1-3H3,(H,22,25). The van der Waals surface area contributed by atoms with Crippen molar-refractivity contribution in [1.29, 1.82) is 0 Å². The number of carbonyl (C=O) groups excluding carboxylic acids is 1. The molecule has 0 radical (unpaired) electrons. The molecule has 1 amide bonds. The maximum atomic E-state index is 12.3. The third kappa shape index (κ3) is 5.37. The van der Waals surface area contributed by atoms with Gasteiger partial charge in [-0.05, 0) is 73.1 Å². The third-order valence-corrected chi connectivity index (χ3v) is 6.90. The fourth-order valence-corrected chi connectivity index (χ4v) is 4.45. The molecule has 5 nitrogen and oxygen atoms in total. The van der Waals surface area contributed by atoms with Crippen molar-refractivity contribution in [3.8, 4) is 0 Å². The fourth-order valence-electron chi connectivity index (χ4n) is 2.33. The molecule has 27 heavy (non-hydrogen) atoms. The van der Waals surface area contributed by atoms with Crippen molar-refractivity contribution in [2.45, 2.75) is 28.8 Å². The van der Waals surface area contributed by atoms with Crippen molar-refractivity contribution in [2.24, 2.45) is 7.05 Å². The summed E-state index contributed by atoms with van der Waals surface area (Å²) in [6.07, 6.45) is 1.67. The highest BCUT2D eigenvalue weighted by Gasteiger charge is 2.08. The van der Waals surface area contributed by atoms with Crippen LogP contribution in [0.2, 0.25) is 0 Å². The summed E-state index contributed by atoms with van der Waals surface area (Å²) in [5.41, 5.74) is 3.11. The molecule has 0 saturated heterocycles. The first-order valence-corrected chi connectivity index (χ1v) is 10.8. The minimum Gasteiger partial charge on any atom is -0.325 e. The van der Waals surface area contributed by atoms with Gasteiger partial charge < -0.3 is 9.88 Å². The Balaban J connectivity index is 1.55. The summed E-state index contributed by atoms with van der Waals surface area (Å²) in [6, 6.07) is 11.9. The van der Waals surface area contributed by atoms with Crippen LogP contribution in [0, 0.1) is 13.8 Å². The van der Waals surface area contributed by atoms with Gasteiger partial charge in [-0.15, -0.1) is 22.0 Å². The summed E-state index contributed by atoms with van der Waals surface area (Å²) in [6.45, 7) is 4.10. The van der Waals surface area contributed by atoms with E-state index in [0.29, 0.717) is 5.75 Å². The average molecular weight is 463 g/mol. The SMILES string of the molecule is Cc1cc(SCC(=O)Nc2ccc(Sc3nncn3C)cc2)c(C)cc1Br. The van der Waals surface area contributed by atoms with Crippen LogP contribution in [-0.4, -0.2) is 26.4 Å². The number of hydrogen-bond acceptors (Lipinski definition) is 5. The van der Waals surface area contributed by atoms with Crippen molar-refractivity contribution >= 4 is 51.0 Å². The van der Waals surface area contributed by atoms with Crippen LogP contribution in [0.3, 0.4) is 0 Å². The lowest BCUT2D eigenvalue weighted by molar-refractivity contribution is -0.113. The minimum atomic E-state index is -0.0197. The van der Waals surface area contributed by atoms with Crippen molar-refractivity contribution in [1.82, 2.24) is 14.8 Å². The molecule has 2 aromatic carbocycles. The smallest absolute Gasteiger partial charge is 0.234 e. The maximum absolute atomic E-state index is 12.3. The lowest BCUT2D eigenvalue weighted by Gasteiger charge is -2.09.